The standard InChI is InChI=1S/C11H18O6/c1-10(2)16-7-5-15-11(6-13-3-4-14-11)9(12)8(7)17-10/h7-9,12H,3-6H2,1-2H3/t7-,8-,9+,11-/m1/s1. The fourth-order valence-corrected chi connectivity index (χ4v) is 2.60. The maximum Gasteiger partial charge on any atom is 0.221 e. The average molecular weight is 246 g/mol. The van der Waals surface area contributed by atoms with Crippen molar-refractivity contribution in [3.05, 3.63) is 0 Å². The van der Waals surface area contributed by atoms with Gasteiger partial charge >= 0.3 is 0 Å². The Bertz CT molecular complexity index is 298. The van der Waals surface area contributed by atoms with Gasteiger partial charge in [-0.2, -0.15) is 0 Å². The molecule has 6 nitrogen and oxygen atoms in total. The van der Waals surface area contributed by atoms with E-state index < -0.39 is 23.8 Å². The molecule has 0 aromatic heterocycles. The predicted molar refractivity (Wildman–Crippen MR) is 55.3 cm³/mol. The number of hydrogen-bond acceptors (Lipinski definition) is 6. The van der Waals surface area contributed by atoms with Crippen LogP contribution in [0, 0.1) is 0 Å². The first-order chi connectivity index (χ1) is 8.03. The maximum absolute atomic E-state index is 10.4. The van der Waals surface area contributed by atoms with Gasteiger partial charge in [-0.25, -0.2) is 0 Å². The third-order valence-electron chi connectivity index (χ3n) is 3.35. The molecule has 3 saturated heterocycles. The largest absolute Gasteiger partial charge is 0.385 e. The van der Waals surface area contributed by atoms with Gasteiger partial charge in [-0.1, -0.05) is 0 Å². The van der Waals surface area contributed by atoms with E-state index >= 15 is 0 Å². The molecule has 6 heteroatoms. The molecule has 3 aliphatic heterocycles. The molecule has 1 spiro atoms. The third-order valence-corrected chi connectivity index (χ3v) is 3.35. The Kier molecular flexibility index (Phi) is 2.70. The lowest BCUT2D eigenvalue weighted by molar-refractivity contribution is -0.361. The molecule has 3 heterocycles. The van der Waals surface area contributed by atoms with Crippen LogP contribution < -0.4 is 0 Å². The highest BCUT2D eigenvalue weighted by molar-refractivity contribution is 4.98. The van der Waals surface area contributed by atoms with Crippen LogP contribution in [0.15, 0.2) is 0 Å². The van der Waals surface area contributed by atoms with E-state index in [0.29, 0.717) is 19.8 Å². The molecular formula is C11H18O6. The lowest BCUT2D eigenvalue weighted by Gasteiger charge is -2.45. The van der Waals surface area contributed by atoms with E-state index in [4.69, 9.17) is 23.7 Å². The second-order valence-electron chi connectivity index (χ2n) is 5.11. The summed E-state index contributed by atoms with van der Waals surface area (Å²) in [6, 6.07) is 0. The molecular weight excluding hydrogens is 228 g/mol. The van der Waals surface area contributed by atoms with Crippen LogP contribution in [0.3, 0.4) is 0 Å². The minimum absolute atomic E-state index is 0.223. The number of aliphatic hydroxyl groups excluding tert-OH is 1. The Labute approximate surface area is 99.7 Å². The summed E-state index contributed by atoms with van der Waals surface area (Å²) in [6.45, 7) is 5.15. The summed E-state index contributed by atoms with van der Waals surface area (Å²) >= 11 is 0. The number of rotatable bonds is 0. The molecule has 0 unspecified atom stereocenters. The van der Waals surface area contributed by atoms with Gasteiger partial charge in [0.05, 0.1) is 19.8 Å². The van der Waals surface area contributed by atoms with Gasteiger partial charge in [0.25, 0.3) is 0 Å². The topological polar surface area (TPSA) is 66.4 Å². The average Bonchev–Trinajstić information content (AvgIpc) is 2.61. The summed E-state index contributed by atoms with van der Waals surface area (Å²) in [6.07, 6.45) is -1.58. The summed E-state index contributed by atoms with van der Waals surface area (Å²) in [7, 11) is 0. The molecule has 4 atom stereocenters. The van der Waals surface area contributed by atoms with Gasteiger partial charge in [-0.05, 0) is 13.8 Å². The summed E-state index contributed by atoms with van der Waals surface area (Å²) < 4.78 is 27.9. The van der Waals surface area contributed by atoms with Crippen molar-refractivity contribution in [2.45, 2.75) is 43.7 Å². The minimum Gasteiger partial charge on any atom is -0.385 e. The van der Waals surface area contributed by atoms with Gasteiger partial charge in [0.15, 0.2) is 5.79 Å². The van der Waals surface area contributed by atoms with Crippen LogP contribution in [0.2, 0.25) is 0 Å². The van der Waals surface area contributed by atoms with Crippen LogP contribution in [-0.2, 0) is 23.7 Å². The van der Waals surface area contributed by atoms with E-state index in [9.17, 15) is 5.11 Å². The first-order valence-electron chi connectivity index (χ1n) is 5.92. The number of aliphatic hydroxyl groups is 1. The summed E-state index contributed by atoms with van der Waals surface area (Å²) in [5.41, 5.74) is 0. The molecule has 1 N–H and O–H groups in total. The van der Waals surface area contributed by atoms with Gasteiger partial charge < -0.3 is 28.8 Å². The van der Waals surface area contributed by atoms with Crippen LogP contribution in [0.25, 0.3) is 0 Å². The van der Waals surface area contributed by atoms with Gasteiger partial charge in [0.1, 0.15) is 24.9 Å². The maximum atomic E-state index is 10.4. The Morgan fingerprint density at radius 1 is 1.12 bits per heavy atom. The Balaban J connectivity index is 1.79. The lowest BCUT2D eigenvalue weighted by Crippen LogP contribution is -2.64. The fraction of sp³-hybridized carbons (Fsp3) is 1.00. The molecule has 0 aromatic carbocycles. The number of fused-ring (bicyclic) bond motifs is 1. The van der Waals surface area contributed by atoms with E-state index in [-0.39, 0.29) is 12.7 Å². The van der Waals surface area contributed by atoms with E-state index in [1.165, 1.54) is 0 Å². The normalized spacial score (nSPS) is 49.2. The molecule has 3 fully saturated rings. The predicted octanol–water partition coefficient (Wildman–Crippen LogP) is -0.359. The van der Waals surface area contributed by atoms with Gasteiger partial charge in [0, 0.05) is 0 Å². The van der Waals surface area contributed by atoms with Crippen molar-refractivity contribution in [3.8, 4) is 0 Å². The molecule has 0 radical (unpaired) electrons. The van der Waals surface area contributed by atoms with E-state index in [1.807, 2.05) is 13.8 Å². The summed E-state index contributed by atoms with van der Waals surface area (Å²) in [4.78, 5) is 0. The molecule has 0 aromatic rings. The van der Waals surface area contributed by atoms with E-state index in [1.54, 1.807) is 0 Å². The van der Waals surface area contributed by atoms with Gasteiger partial charge in [0.2, 0.25) is 5.79 Å². The zero-order valence-corrected chi connectivity index (χ0v) is 10.0. The zero-order valence-electron chi connectivity index (χ0n) is 10.0. The van der Waals surface area contributed by atoms with Crippen LogP contribution in [0.4, 0.5) is 0 Å². The molecule has 0 bridgehead atoms. The highest BCUT2D eigenvalue weighted by Crippen LogP contribution is 2.39. The monoisotopic (exact) mass is 246 g/mol. The van der Waals surface area contributed by atoms with Crippen LogP contribution in [0.1, 0.15) is 13.8 Å². The van der Waals surface area contributed by atoms with Crippen LogP contribution >= 0.6 is 0 Å². The highest BCUT2D eigenvalue weighted by atomic mass is 16.8. The summed E-state index contributed by atoms with van der Waals surface area (Å²) in [5, 5.41) is 10.4. The molecule has 0 amide bonds. The van der Waals surface area contributed by atoms with E-state index in [2.05, 4.69) is 0 Å². The fourth-order valence-electron chi connectivity index (χ4n) is 2.60. The molecule has 0 aliphatic carbocycles. The Morgan fingerprint density at radius 3 is 2.65 bits per heavy atom. The van der Waals surface area contributed by atoms with Crippen molar-refractivity contribution in [1.82, 2.24) is 0 Å². The zero-order chi connectivity index (χ0) is 12.1. The van der Waals surface area contributed by atoms with Crippen molar-refractivity contribution in [2.24, 2.45) is 0 Å². The van der Waals surface area contributed by atoms with E-state index in [0.717, 1.165) is 0 Å². The van der Waals surface area contributed by atoms with Gasteiger partial charge in [-0.3, -0.25) is 0 Å². The SMILES string of the molecule is CC1(C)O[C@@H]2[C@@H](CO[C@]3(COCCO3)[C@H]2O)O1. The third kappa shape index (κ3) is 1.89. The second kappa shape index (κ2) is 3.88. The minimum atomic E-state index is -1.09. The number of ether oxygens (including phenoxy) is 5. The van der Waals surface area contributed by atoms with Crippen molar-refractivity contribution >= 4 is 0 Å². The molecule has 3 rings (SSSR count). The molecule has 3 aliphatic rings. The first kappa shape index (κ1) is 11.8. The molecule has 0 saturated carbocycles. The van der Waals surface area contributed by atoms with Crippen molar-refractivity contribution in [3.63, 3.8) is 0 Å². The molecule has 98 valence electrons. The first-order valence-corrected chi connectivity index (χ1v) is 5.92. The number of hydrogen-bond donors (Lipinski definition) is 1. The van der Waals surface area contributed by atoms with Crippen molar-refractivity contribution < 1.29 is 28.8 Å². The Hall–Kier alpha value is -0.240. The highest BCUT2D eigenvalue weighted by Gasteiger charge is 2.58. The molecule has 17 heavy (non-hydrogen) atoms. The van der Waals surface area contributed by atoms with Crippen LogP contribution in [-0.4, -0.2) is 61.4 Å². The smallest absolute Gasteiger partial charge is 0.221 e. The summed E-state index contributed by atoms with van der Waals surface area (Å²) in [5.74, 6) is -1.79. The second-order valence-corrected chi connectivity index (χ2v) is 5.11. The quantitative estimate of drug-likeness (QED) is 0.629. The van der Waals surface area contributed by atoms with Crippen molar-refractivity contribution in [1.29, 1.82) is 0 Å². The van der Waals surface area contributed by atoms with Crippen molar-refractivity contribution in [2.75, 3.05) is 26.4 Å². The lowest BCUT2D eigenvalue weighted by atomic mass is 9.97. The van der Waals surface area contributed by atoms with Crippen LogP contribution in [0.5, 0.6) is 0 Å². The Morgan fingerprint density at radius 2 is 1.94 bits per heavy atom. The van der Waals surface area contributed by atoms with Gasteiger partial charge in [-0.15, -0.1) is 0 Å².